The number of halogens is 2. The SMILES string of the molecule is NC(N)=NC(=O)c1ccc(-c2cccc(F)c2F)o1. The van der Waals surface area contributed by atoms with Crippen LogP contribution >= 0.6 is 0 Å². The molecule has 0 radical (unpaired) electrons. The first-order chi connectivity index (χ1) is 8.99. The van der Waals surface area contributed by atoms with Crippen molar-refractivity contribution in [2.24, 2.45) is 16.5 Å². The van der Waals surface area contributed by atoms with Crippen molar-refractivity contribution in [1.82, 2.24) is 0 Å². The fourth-order valence-corrected chi connectivity index (χ4v) is 1.46. The van der Waals surface area contributed by atoms with Gasteiger partial charge >= 0.3 is 5.91 Å². The van der Waals surface area contributed by atoms with Crippen molar-refractivity contribution in [3.8, 4) is 11.3 Å². The van der Waals surface area contributed by atoms with E-state index < -0.39 is 23.5 Å². The van der Waals surface area contributed by atoms with Crippen molar-refractivity contribution in [3.05, 3.63) is 47.7 Å². The number of furan rings is 1. The van der Waals surface area contributed by atoms with E-state index in [4.69, 9.17) is 15.9 Å². The molecule has 1 aromatic carbocycles. The van der Waals surface area contributed by atoms with Gasteiger partial charge in [-0.25, -0.2) is 8.78 Å². The summed E-state index contributed by atoms with van der Waals surface area (Å²) >= 11 is 0. The molecule has 0 bridgehead atoms. The lowest BCUT2D eigenvalue weighted by atomic mass is 10.1. The number of hydrogen-bond acceptors (Lipinski definition) is 2. The van der Waals surface area contributed by atoms with Gasteiger partial charge in [0.15, 0.2) is 23.4 Å². The minimum atomic E-state index is -1.06. The second kappa shape index (κ2) is 4.89. The Morgan fingerprint density at radius 3 is 2.58 bits per heavy atom. The third kappa shape index (κ3) is 2.59. The molecule has 19 heavy (non-hydrogen) atoms. The zero-order valence-electron chi connectivity index (χ0n) is 9.56. The monoisotopic (exact) mass is 265 g/mol. The molecule has 0 aliphatic carbocycles. The highest BCUT2D eigenvalue weighted by atomic mass is 19.2. The summed E-state index contributed by atoms with van der Waals surface area (Å²) in [5.74, 6) is -3.45. The molecule has 0 atom stereocenters. The smallest absolute Gasteiger partial charge is 0.315 e. The predicted molar refractivity (Wildman–Crippen MR) is 64.2 cm³/mol. The number of benzene rings is 1. The van der Waals surface area contributed by atoms with Crippen molar-refractivity contribution < 1.29 is 18.0 Å². The largest absolute Gasteiger partial charge is 0.451 e. The minimum Gasteiger partial charge on any atom is -0.451 e. The van der Waals surface area contributed by atoms with E-state index in [-0.39, 0.29) is 17.1 Å². The van der Waals surface area contributed by atoms with Crippen LogP contribution < -0.4 is 11.5 Å². The van der Waals surface area contributed by atoms with E-state index in [2.05, 4.69) is 4.99 Å². The lowest BCUT2D eigenvalue weighted by Gasteiger charge is -1.99. The average Bonchev–Trinajstić information content (AvgIpc) is 2.81. The lowest BCUT2D eigenvalue weighted by Crippen LogP contribution is -2.24. The van der Waals surface area contributed by atoms with Crippen molar-refractivity contribution >= 4 is 11.9 Å². The molecule has 4 N–H and O–H groups in total. The first-order valence-electron chi connectivity index (χ1n) is 5.17. The minimum absolute atomic E-state index is 0.00569. The van der Waals surface area contributed by atoms with Crippen LogP contribution in [0.4, 0.5) is 8.78 Å². The summed E-state index contributed by atoms with van der Waals surface area (Å²) in [6.07, 6.45) is 0. The van der Waals surface area contributed by atoms with Crippen LogP contribution in [-0.4, -0.2) is 11.9 Å². The van der Waals surface area contributed by atoms with Crippen LogP contribution in [0.2, 0.25) is 0 Å². The van der Waals surface area contributed by atoms with Crippen LogP contribution in [0.15, 0.2) is 39.7 Å². The Labute approximate surface area is 106 Å². The Hall–Kier alpha value is -2.70. The van der Waals surface area contributed by atoms with E-state index in [0.29, 0.717) is 0 Å². The fraction of sp³-hybridized carbons (Fsp3) is 0. The second-order valence-electron chi connectivity index (χ2n) is 3.61. The summed E-state index contributed by atoms with van der Waals surface area (Å²) < 4.78 is 31.7. The van der Waals surface area contributed by atoms with E-state index >= 15 is 0 Å². The third-order valence-corrected chi connectivity index (χ3v) is 2.26. The van der Waals surface area contributed by atoms with Gasteiger partial charge < -0.3 is 15.9 Å². The third-order valence-electron chi connectivity index (χ3n) is 2.26. The van der Waals surface area contributed by atoms with Gasteiger partial charge in [0, 0.05) is 0 Å². The number of hydrogen-bond donors (Lipinski definition) is 2. The number of aliphatic imine (C=N–C) groups is 1. The molecule has 1 aromatic heterocycles. The molecule has 5 nitrogen and oxygen atoms in total. The molecule has 1 amide bonds. The van der Waals surface area contributed by atoms with Gasteiger partial charge in [0.05, 0.1) is 5.56 Å². The summed E-state index contributed by atoms with van der Waals surface area (Å²) in [4.78, 5) is 14.7. The highest BCUT2D eigenvalue weighted by Crippen LogP contribution is 2.26. The maximum atomic E-state index is 13.5. The van der Waals surface area contributed by atoms with E-state index in [1.807, 2.05) is 0 Å². The Kier molecular flexibility index (Phi) is 3.28. The molecule has 0 unspecified atom stereocenters. The summed E-state index contributed by atoms with van der Waals surface area (Å²) in [6, 6.07) is 6.23. The van der Waals surface area contributed by atoms with Crippen molar-refractivity contribution in [1.29, 1.82) is 0 Å². The van der Waals surface area contributed by atoms with E-state index in [1.165, 1.54) is 24.3 Å². The van der Waals surface area contributed by atoms with Crippen LogP contribution in [0.1, 0.15) is 10.6 Å². The number of nitrogens with two attached hydrogens (primary N) is 2. The van der Waals surface area contributed by atoms with Crippen molar-refractivity contribution in [3.63, 3.8) is 0 Å². The van der Waals surface area contributed by atoms with Crippen molar-refractivity contribution in [2.45, 2.75) is 0 Å². The molecule has 1 heterocycles. The highest BCUT2D eigenvalue weighted by Gasteiger charge is 2.16. The van der Waals surface area contributed by atoms with E-state index in [9.17, 15) is 13.6 Å². The molecule has 7 heteroatoms. The molecule has 0 saturated heterocycles. The predicted octanol–water partition coefficient (Wildman–Crippen LogP) is 1.64. The van der Waals surface area contributed by atoms with E-state index in [0.717, 1.165) is 6.07 Å². The molecular weight excluding hydrogens is 256 g/mol. The Morgan fingerprint density at radius 2 is 1.89 bits per heavy atom. The maximum Gasteiger partial charge on any atom is 0.315 e. The summed E-state index contributed by atoms with van der Waals surface area (Å²) in [7, 11) is 0. The van der Waals surface area contributed by atoms with E-state index in [1.54, 1.807) is 0 Å². The topological polar surface area (TPSA) is 94.6 Å². The van der Waals surface area contributed by atoms with Crippen LogP contribution in [0.3, 0.4) is 0 Å². The number of carbonyl (C=O) groups excluding carboxylic acids is 1. The molecule has 0 aliphatic rings. The number of nitrogens with zero attached hydrogens (tertiary/aromatic N) is 1. The van der Waals surface area contributed by atoms with Crippen LogP contribution in [-0.2, 0) is 0 Å². The zero-order valence-corrected chi connectivity index (χ0v) is 9.56. The van der Waals surface area contributed by atoms with Gasteiger partial charge in [-0.1, -0.05) is 6.07 Å². The molecule has 98 valence electrons. The molecule has 0 fully saturated rings. The highest BCUT2D eigenvalue weighted by molar-refractivity contribution is 6.00. The standard InChI is InChI=1S/C12H9F2N3O2/c13-7-3-1-2-6(10(7)14)8-4-5-9(19-8)11(18)17-12(15)16/h1-5H,(H4,15,16,17,18). The van der Waals surface area contributed by atoms with Crippen LogP contribution in [0.5, 0.6) is 0 Å². The fourth-order valence-electron chi connectivity index (χ4n) is 1.46. The summed E-state index contributed by atoms with van der Waals surface area (Å²) in [6.45, 7) is 0. The summed E-state index contributed by atoms with van der Waals surface area (Å²) in [5.41, 5.74) is 10.0. The molecule has 0 spiro atoms. The van der Waals surface area contributed by atoms with Gasteiger partial charge in [-0.15, -0.1) is 0 Å². The normalized spacial score (nSPS) is 10.2. The lowest BCUT2D eigenvalue weighted by molar-refractivity contribution is 0.0977. The molecule has 0 saturated carbocycles. The van der Waals surface area contributed by atoms with Gasteiger partial charge in [0.25, 0.3) is 0 Å². The van der Waals surface area contributed by atoms with Crippen molar-refractivity contribution in [2.75, 3.05) is 0 Å². The Morgan fingerprint density at radius 1 is 1.16 bits per heavy atom. The molecule has 2 rings (SSSR count). The first-order valence-corrected chi connectivity index (χ1v) is 5.17. The molecular formula is C12H9F2N3O2. The molecule has 2 aromatic rings. The number of amides is 1. The van der Waals surface area contributed by atoms with Crippen LogP contribution in [0.25, 0.3) is 11.3 Å². The van der Waals surface area contributed by atoms with Gasteiger partial charge in [-0.3, -0.25) is 4.79 Å². The quantitative estimate of drug-likeness (QED) is 0.637. The Balaban J connectivity index is 2.39. The van der Waals surface area contributed by atoms with Gasteiger partial charge in [-0.05, 0) is 24.3 Å². The Bertz CT molecular complexity index is 661. The number of carbonyl (C=O) groups is 1. The molecule has 0 aliphatic heterocycles. The second-order valence-corrected chi connectivity index (χ2v) is 3.61. The number of rotatable bonds is 2. The first kappa shape index (κ1) is 12.7. The summed E-state index contributed by atoms with van der Waals surface area (Å²) in [5, 5.41) is 0. The van der Waals surface area contributed by atoms with Crippen LogP contribution in [0, 0.1) is 11.6 Å². The van der Waals surface area contributed by atoms with Gasteiger partial charge in [0.2, 0.25) is 0 Å². The zero-order chi connectivity index (χ0) is 14.0. The van der Waals surface area contributed by atoms with Gasteiger partial charge in [0.1, 0.15) is 5.76 Å². The maximum absolute atomic E-state index is 13.5. The number of guanidine groups is 1. The van der Waals surface area contributed by atoms with Gasteiger partial charge in [-0.2, -0.15) is 4.99 Å². The average molecular weight is 265 g/mol.